The number of amides is 1. The molecule has 0 aliphatic carbocycles. The van der Waals surface area contributed by atoms with Crippen LogP contribution >= 0.6 is 11.6 Å². The third-order valence-corrected chi connectivity index (χ3v) is 3.85. The fourth-order valence-electron chi connectivity index (χ4n) is 2.15. The van der Waals surface area contributed by atoms with Crippen molar-refractivity contribution in [3.63, 3.8) is 0 Å². The van der Waals surface area contributed by atoms with E-state index in [9.17, 15) is 14.9 Å². The van der Waals surface area contributed by atoms with Gasteiger partial charge in [-0.25, -0.2) is 5.43 Å². The van der Waals surface area contributed by atoms with Crippen molar-refractivity contribution in [1.82, 2.24) is 5.43 Å². The van der Waals surface area contributed by atoms with Gasteiger partial charge in [-0.2, -0.15) is 5.10 Å². The van der Waals surface area contributed by atoms with E-state index in [0.717, 1.165) is 6.07 Å². The van der Waals surface area contributed by atoms with E-state index in [2.05, 4.69) is 10.5 Å². The molecule has 9 heteroatoms. The normalized spacial score (nSPS) is 11.0. The Morgan fingerprint density at radius 1 is 1.19 bits per heavy atom. The molecule has 0 saturated carbocycles. The Labute approximate surface area is 154 Å². The van der Waals surface area contributed by atoms with Crippen molar-refractivity contribution in [3.05, 3.63) is 62.7 Å². The van der Waals surface area contributed by atoms with Gasteiger partial charge in [0.15, 0.2) is 0 Å². The van der Waals surface area contributed by atoms with Crippen LogP contribution in [0.5, 0.6) is 11.5 Å². The number of nitro benzene ring substituents is 1. The van der Waals surface area contributed by atoms with E-state index in [0.29, 0.717) is 22.8 Å². The van der Waals surface area contributed by atoms with E-state index in [4.69, 9.17) is 21.1 Å². The lowest BCUT2D eigenvalue weighted by Crippen LogP contribution is -2.19. The number of nitro groups is 1. The topological polar surface area (TPSA) is 103 Å². The molecule has 0 unspecified atom stereocenters. The quantitative estimate of drug-likeness (QED) is 0.472. The summed E-state index contributed by atoms with van der Waals surface area (Å²) in [5, 5.41) is 14.9. The molecule has 0 spiro atoms. The number of benzene rings is 2. The number of hydrogen-bond donors (Lipinski definition) is 1. The van der Waals surface area contributed by atoms with Gasteiger partial charge >= 0.3 is 0 Å². The lowest BCUT2D eigenvalue weighted by molar-refractivity contribution is -0.384. The van der Waals surface area contributed by atoms with E-state index in [1.165, 1.54) is 19.2 Å². The summed E-state index contributed by atoms with van der Waals surface area (Å²) in [6, 6.07) is 8.94. The molecule has 1 N–H and O–H groups in total. The van der Waals surface area contributed by atoms with Crippen LogP contribution in [0.3, 0.4) is 0 Å². The number of ether oxygens (including phenoxy) is 2. The zero-order valence-corrected chi connectivity index (χ0v) is 15.0. The molecule has 136 valence electrons. The highest BCUT2D eigenvalue weighted by atomic mass is 35.5. The standard InChI is InChI=1S/C17H16ClN3O5/c1-10(13-6-5-12(25-2)9-16(13)26-3)19-20-17(22)11-4-7-14(18)15(8-11)21(23)24/h4-9H,1-3H3,(H,20,22)/b19-10+. The summed E-state index contributed by atoms with van der Waals surface area (Å²) in [5.41, 5.74) is 3.23. The molecule has 26 heavy (non-hydrogen) atoms. The van der Waals surface area contributed by atoms with Gasteiger partial charge in [-0.3, -0.25) is 14.9 Å². The maximum absolute atomic E-state index is 12.2. The number of hydrazone groups is 1. The smallest absolute Gasteiger partial charge is 0.288 e. The molecule has 0 fully saturated rings. The van der Waals surface area contributed by atoms with E-state index in [1.807, 2.05) is 0 Å². The Bertz CT molecular complexity index is 883. The lowest BCUT2D eigenvalue weighted by atomic mass is 10.1. The average Bonchev–Trinajstić information content (AvgIpc) is 2.65. The molecule has 2 aromatic carbocycles. The average molecular weight is 378 g/mol. The van der Waals surface area contributed by atoms with Crippen LogP contribution in [0, 0.1) is 10.1 Å². The zero-order valence-electron chi connectivity index (χ0n) is 14.3. The molecule has 0 radical (unpaired) electrons. The minimum Gasteiger partial charge on any atom is -0.497 e. The van der Waals surface area contributed by atoms with Crippen molar-refractivity contribution in [3.8, 4) is 11.5 Å². The van der Waals surface area contributed by atoms with E-state index in [-0.39, 0.29) is 16.3 Å². The van der Waals surface area contributed by atoms with Gasteiger partial charge in [-0.1, -0.05) is 11.6 Å². The predicted octanol–water partition coefficient (Wildman–Crippen LogP) is 3.42. The van der Waals surface area contributed by atoms with Gasteiger partial charge in [0.05, 0.1) is 24.9 Å². The molecule has 2 rings (SSSR count). The first-order chi connectivity index (χ1) is 12.4. The highest BCUT2D eigenvalue weighted by molar-refractivity contribution is 6.32. The minimum absolute atomic E-state index is 0.0470. The number of carbonyl (C=O) groups is 1. The fraction of sp³-hybridized carbons (Fsp3) is 0.176. The molecule has 0 bridgehead atoms. The van der Waals surface area contributed by atoms with Crippen LogP contribution in [0.1, 0.15) is 22.8 Å². The predicted molar refractivity (Wildman–Crippen MR) is 97.3 cm³/mol. The second kappa shape index (κ2) is 8.30. The number of methoxy groups -OCH3 is 2. The maximum atomic E-state index is 12.2. The maximum Gasteiger partial charge on any atom is 0.288 e. The molecule has 8 nitrogen and oxygen atoms in total. The van der Waals surface area contributed by atoms with Crippen LogP contribution in [0.4, 0.5) is 5.69 Å². The third kappa shape index (κ3) is 4.28. The zero-order chi connectivity index (χ0) is 19.3. The van der Waals surface area contributed by atoms with Gasteiger partial charge in [0.1, 0.15) is 16.5 Å². The van der Waals surface area contributed by atoms with Crippen molar-refractivity contribution < 1.29 is 19.2 Å². The summed E-state index contributed by atoms with van der Waals surface area (Å²) in [7, 11) is 3.05. The van der Waals surface area contributed by atoms with Crippen LogP contribution in [-0.2, 0) is 0 Å². The number of carbonyl (C=O) groups excluding carboxylic acids is 1. The van der Waals surface area contributed by atoms with Crippen molar-refractivity contribution in [1.29, 1.82) is 0 Å². The molecule has 0 aliphatic heterocycles. The van der Waals surface area contributed by atoms with Crippen LogP contribution in [-0.4, -0.2) is 30.8 Å². The number of hydrogen-bond acceptors (Lipinski definition) is 6. The van der Waals surface area contributed by atoms with Gasteiger partial charge < -0.3 is 9.47 Å². The molecule has 0 saturated heterocycles. The Morgan fingerprint density at radius 2 is 1.92 bits per heavy atom. The minimum atomic E-state index is -0.657. The molecule has 1 amide bonds. The van der Waals surface area contributed by atoms with Crippen molar-refractivity contribution in [2.75, 3.05) is 14.2 Å². The summed E-state index contributed by atoms with van der Waals surface area (Å²) in [6.07, 6.45) is 0. The first-order valence-corrected chi connectivity index (χ1v) is 7.76. The molecule has 0 atom stereocenters. The molecule has 0 aliphatic rings. The molecule has 0 heterocycles. The van der Waals surface area contributed by atoms with Gasteiger partial charge in [0, 0.05) is 23.3 Å². The Morgan fingerprint density at radius 3 is 2.54 bits per heavy atom. The monoisotopic (exact) mass is 377 g/mol. The summed E-state index contributed by atoms with van der Waals surface area (Å²) in [5.74, 6) is 0.550. The van der Waals surface area contributed by atoms with E-state index >= 15 is 0 Å². The molecular formula is C17H16ClN3O5. The van der Waals surface area contributed by atoms with Crippen LogP contribution in [0.25, 0.3) is 0 Å². The first kappa shape index (κ1) is 19.2. The summed E-state index contributed by atoms with van der Waals surface area (Å²) >= 11 is 5.74. The summed E-state index contributed by atoms with van der Waals surface area (Å²) in [6.45, 7) is 1.69. The number of halogens is 1. The van der Waals surface area contributed by atoms with E-state index < -0.39 is 10.8 Å². The van der Waals surface area contributed by atoms with Crippen LogP contribution < -0.4 is 14.9 Å². The number of nitrogens with one attached hydrogen (secondary N) is 1. The molecule has 2 aromatic rings. The second-order valence-electron chi connectivity index (χ2n) is 5.13. The number of rotatable bonds is 6. The van der Waals surface area contributed by atoms with Crippen molar-refractivity contribution in [2.24, 2.45) is 5.10 Å². The summed E-state index contributed by atoms with van der Waals surface area (Å²) < 4.78 is 10.4. The Balaban J connectivity index is 2.22. The molecule has 0 aromatic heterocycles. The third-order valence-electron chi connectivity index (χ3n) is 3.53. The Kier molecular flexibility index (Phi) is 6.13. The van der Waals surface area contributed by atoms with E-state index in [1.54, 1.807) is 32.2 Å². The van der Waals surface area contributed by atoms with Crippen molar-refractivity contribution >= 4 is 28.9 Å². The number of nitrogens with zero attached hydrogens (tertiary/aromatic N) is 2. The van der Waals surface area contributed by atoms with Crippen molar-refractivity contribution in [2.45, 2.75) is 6.92 Å². The lowest BCUT2D eigenvalue weighted by Gasteiger charge is -2.10. The van der Waals surface area contributed by atoms with Gasteiger partial charge in [-0.05, 0) is 31.2 Å². The van der Waals surface area contributed by atoms with Crippen LogP contribution in [0.2, 0.25) is 5.02 Å². The van der Waals surface area contributed by atoms with Gasteiger partial charge in [0.2, 0.25) is 0 Å². The van der Waals surface area contributed by atoms with Crippen LogP contribution in [0.15, 0.2) is 41.5 Å². The second-order valence-corrected chi connectivity index (χ2v) is 5.53. The fourth-order valence-corrected chi connectivity index (χ4v) is 2.34. The first-order valence-electron chi connectivity index (χ1n) is 7.38. The Hall–Kier alpha value is -3.13. The van der Waals surface area contributed by atoms with Gasteiger partial charge in [0.25, 0.3) is 11.6 Å². The summed E-state index contributed by atoms with van der Waals surface area (Å²) in [4.78, 5) is 22.4. The molecular weight excluding hydrogens is 362 g/mol. The highest BCUT2D eigenvalue weighted by Gasteiger charge is 2.16. The largest absolute Gasteiger partial charge is 0.497 e. The SMILES string of the molecule is COc1ccc(/C(C)=N/NC(=O)c2ccc(Cl)c([N+](=O)[O-])c2)c(OC)c1. The highest BCUT2D eigenvalue weighted by Crippen LogP contribution is 2.26. The van der Waals surface area contributed by atoms with Gasteiger partial charge in [-0.15, -0.1) is 0 Å².